The number of hydrogen-bond acceptors (Lipinski definition) is 4. The summed E-state index contributed by atoms with van der Waals surface area (Å²) in [4.78, 5) is 7.89. The van der Waals surface area contributed by atoms with E-state index in [-0.39, 0.29) is 0 Å². The number of thiazole rings is 1. The summed E-state index contributed by atoms with van der Waals surface area (Å²) in [6.07, 6.45) is 4.62. The second-order valence-corrected chi connectivity index (χ2v) is 5.98. The molecule has 0 amide bonds. The Morgan fingerprint density at radius 3 is 2.95 bits per heavy atom. The summed E-state index contributed by atoms with van der Waals surface area (Å²) in [6, 6.07) is 8.75. The highest BCUT2D eigenvalue weighted by atomic mass is 32.1. The Hall–Kier alpha value is -1.39. The van der Waals surface area contributed by atoms with E-state index >= 15 is 0 Å². The first-order valence-electron chi connectivity index (χ1n) is 6.83. The van der Waals surface area contributed by atoms with Crippen molar-refractivity contribution < 1.29 is 0 Å². The number of nitrogens with one attached hydrogen (secondary N) is 1. The van der Waals surface area contributed by atoms with Crippen LogP contribution in [0.15, 0.2) is 36.0 Å². The van der Waals surface area contributed by atoms with Gasteiger partial charge in [-0.3, -0.25) is 9.88 Å². The average Bonchev–Trinajstić information content (AvgIpc) is 3.10. The second-order valence-electron chi connectivity index (χ2n) is 5.00. The van der Waals surface area contributed by atoms with Crippen LogP contribution in [0.5, 0.6) is 0 Å². The van der Waals surface area contributed by atoms with Gasteiger partial charge in [0.1, 0.15) is 0 Å². The smallest absolute Gasteiger partial charge is 0.0794 e. The molecule has 1 aromatic heterocycles. The van der Waals surface area contributed by atoms with Gasteiger partial charge in [-0.2, -0.15) is 0 Å². The zero-order valence-electron chi connectivity index (χ0n) is 11.0. The maximum Gasteiger partial charge on any atom is 0.0794 e. The minimum atomic E-state index is 0.859. The van der Waals surface area contributed by atoms with Crippen molar-refractivity contribution in [2.75, 3.05) is 18.4 Å². The molecule has 0 saturated carbocycles. The van der Waals surface area contributed by atoms with Crippen LogP contribution in [0, 0.1) is 0 Å². The first-order valence-corrected chi connectivity index (χ1v) is 7.71. The Balaban J connectivity index is 1.59. The van der Waals surface area contributed by atoms with Crippen LogP contribution in [-0.2, 0) is 13.1 Å². The summed E-state index contributed by atoms with van der Waals surface area (Å²) in [5, 5.41) is 3.46. The number of anilines is 1. The van der Waals surface area contributed by atoms with Gasteiger partial charge in [0.2, 0.25) is 0 Å². The number of hydrogen-bond donors (Lipinski definition) is 1. The molecule has 1 aliphatic heterocycles. The highest BCUT2D eigenvalue weighted by Gasteiger charge is 2.11. The van der Waals surface area contributed by atoms with Crippen molar-refractivity contribution in [3.8, 4) is 0 Å². The average molecular weight is 273 g/mol. The van der Waals surface area contributed by atoms with Gasteiger partial charge in [-0.1, -0.05) is 12.1 Å². The van der Waals surface area contributed by atoms with Gasteiger partial charge in [-0.05, 0) is 43.6 Å². The third-order valence-electron chi connectivity index (χ3n) is 3.48. The molecule has 1 saturated heterocycles. The fourth-order valence-electron chi connectivity index (χ4n) is 2.50. The SMILES string of the molecule is c1cc(CN2CCCC2)cc(NCc2cncs2)c1. The lowest BCUT2D eigenvalue weighted by atomic mass is 10.2. The Kier molecular flexibility index (Phi) is 4.10. The zero-order chi connectivity index (χ0) is 12.9. The fraction of sp³-hybridized carbons (Fsp3) is 0.400. The van der Waals surface area contributed by atoms with E-state index in [0.29, 0.717) is 0 Å². The standard InChI is InChI=1S/C15H19N3S/c1-2-7-18(6-1)11-13-4-3-5-14(8-13)17-10-15-9-16-12-19-15/h3-5,8-9,12,17H,1-2,6-7,10-11H2. The lowest BCUT2D eigenvalue weighted by molar-refractivity contribution is 0.331. The number of rotatable bonds is 5. The monoisotopic (exact) mass is 273 g/mol. The molecule has 0 aliphatic carbocycles. The summed E-state index contributed by atoms with van der Waals surface area (Å²) in [5.41, 5.74) is 4.47. The van der Waals surface area contributed by atoms with Crippen molar-refractivity contribution in [2.45, 2.75) is 25.9 Å². The Labute approximate surface area is 118 Å². The van der Waals surface area contributed by atoms with Gasteiger partial charge in [0.15, 0.2) is 0 Å². The molecule has 1 N–H and O–H groups in total. The lowest BCUT2D eigenvalue weighted by Gasteiger charge is -2.15. The molecule has 1 fully saturated rings. The lowest BCUT2D eigenvalue weighted by Crippen LogP contribution is -2.18. The highest BCUT2D eigenvalue weighted by molar-refractivity contribution is 7.09. The van der Waals surface area contributed by atoms with E-state index in [1.807, 2.05) is 11.7 Å². The highest BCUT2D eigenvalue weighted by Crippen LogP contribution is 2.17. The first-order chi connectivity index (χ1) is 9.40. The van der Waals surface area contributed by atoms with E-state index in [4.69, 9.17) is 0 Å². The molecule has 19 heavy (non-hydrogen) atoms. The van der Waals surface area contributed by atoms with Gasteiger partial charge in [-0.25, -0.2) is 0 Å². The van der Waals surface area contributed by atoms with Crippen molar-refractivity contribution in [2.24, 2.45) is 0 Å². The topological polar surface area (TPSA) is 28.2 Å². The van der Waals surface area contributed by atoms with Crippen LogP contribution in [-0.4, -0.2) is 23.0 Å². The van der Waals surface area contributed by atoms with Crippen LogP contribution in [0.25, 0.3) is 0 Å². The minimum Gasteiger partial charge on any atom is -0.380 e. The quantitative estimate of drug-likeness (QED) is 0.905. The minimum absolute atomic E-state index is 0.859. The molecule has 1 aromatic carbocycles. The van der Waals surface area contributed by atoms with E-state index in [1.54, 1.807) is 11.3 Å². The van der Waals surface area contributed by atoms with Crippen LogP contribution < -0.4 is 5.32 Å². The van der Waals surface area contributed by atoms with E-state index in [2.05, 4.69) is 39.5 Å². The Morgan fingerprint density at radius 1 is 1.26 bits per heavy atom. The van der Waals surface area contributed by atoms with E-state index in [9.17, 15) is 0 Å². The molecular weight excluding hydrogens is 254 g/mol. The van der Waals surface area contributed by atoms with Crippen LogP contribution in [0.2, 0.25) is 0 Å². The number of likely N-dealkylation sites (tertiary alicyclic amines) is 1. The zero-order valence-corrected chi connectivity index (χ0v) is 11.8. The van der Waals surface area contributed by atoms with Gasteiger partial charge in [0, 0.05) is 23.3 Å². The third-order valence-corrected chi connectivity index (χ3v) is 4.26. The molecule has 0 radical (unpaired) electrons. The summed E-state index contributed by atoms with van der Waals surface area (Å²) in [5.74, 6) is 0. The maximum absolute atomic E-state index is 4.09. The maximum atomic E-state index is 4.09. The Bertz CT molecular complexity index is 504. The first kappa shape index (κ1) is 12.6. The Morgan fingerprint density at radius 2 is 2.16 bits per heavy atom. The van der Waals surface area contributed by atoms with E-state index < -0.39 is 0 Å². The molecular formula is C15H19N3S. The summed E-state index contributed by atoms with van der Waals surface area (Å²) in [6.45, 7) is 4.44. The summed E-state index contributed by atoms with van der Waals surface area (Å²) in [7, 11) is 0. The third kappa shape index (κ3) is 3.55. The largest absolute Gasteiger partial charge is 0.380 e. The molecule has 2 aromatic rings. The molecule has 0 unspecified atom stereocenters. The van der Waals surface area contributed by atoms with Crippen LogP contribution in [0.3, 0.4) is 0 Å². The van der Waals surface area contributed by atoms with Crippen molar-refractivity contribution in [1.29, 1.82) is 0 Å². The van der Waals surface area contributed by atoms with E-state index in [0.717, 1.165) is 13.1 Å². The molecule has 0 bridgehead atoms. The van der Waals surface area contributed by atoms with Gasteiger partial charge < -0.3 is 5.32 Å². The number of benzene rings is 1. The number of nitrogens with zero attached hydrogens (tertiary/aromatic N) is 2. The second kappa shape index (κ2) is 6.17. The molecule has 0 spiro atoms. The van der Waals surface area contributed by atoms with Gasteiger partial charge in [0.05, 0.1) is 12.1 Å². The molecule has 3 nitrogen and oxygen atoms in total. The molecule has 100 valence electrons. The van der Waals surface area contributed by atoms with Crippen molar-refractivity contribution in [1.82, 2.24) is 9.88 Å². The predicted molar refractivity (Wildman–Crippen MR) is 80.4 cm³/mol. The summed E-state index contributed by atoms with van der Waals surface area (Å²) < 4.78 is 0. The van der Waals surface area contributed by atoms with Gasteiger partial charge in [0.25, 0.3) is 0 Å². The predicted octanol–water partition coefficient (Wildman–Crippen LogP) is 3.35. The van der Waals surface area contributed by atoms with Crippen molar-refractivity contribution in [3.63, 3.8) is 0 Å². The molecule has 2 heterocycles. The van der Waals surface area contributed by atoms with Gasteiger partial charge >= 0.3 is 0 Å². The molecule has 0 atom stereocenters. The molecule has 4 heteroatoms. The number of aromatic nitrogens is 1. The van der Waals surface area contributed by atoms with Crippen LogP contribution in [0.1, 0.15) is 23.3 Å². The normalized spacial score (nSPS) is 15.8. The van der Waals surface area contributed by atoms with Crippen LogP contribution in [0.4, 0.5) is 5.69 Å². The molecule has 1 aliphatic rings. The van der Waals surface area contributed by atoms with Crippen molar-refractivity contribution >= 4 is 17.0 Å². The van der Waals surface area contributed by atoms with Crippen molar-refractivity contribution in [3.05, 3.63) is 46.4 Å². The van der Waals surface area contributed by atoms with Gasteiger partial charge in [-0.15, -0.1) is 11.3 Å². The fourth-order valence-corrected chi connectivity index (χ4v) is 3.03. The van der Waals surface area contributed by atoms with Crippen LogP contribution >= 0.6 is 11.3 Å². The molecule has 3 rings (SSSR count). The summed E-state index contributed by atoms with van der Waals surface area (Å²) >= 11 is 1.69. The van der Waals surface area contributed by atoms with E-state index in [1.165, 1.54) is 42.1 Å².